The van der Waals surface area contributed by atoms with Crippen LogP contribution >= 0.6 is 0 Å². The third-order valence-electron chi connectivity index (χ3n) is 3.57. The van der Waals surface area contributed by atoms with Gasteiger partial charge in [-0.05, 0) is 49.7 Å². The number of carbonyl (C=O) groups excluding carboxylic acids is 1. The number of carbonyl (C=O) groups is 1. The molecule has 0 atom stereocenters. The number of methoxy groups -OCH3 is 2. The number of hydrogen-bond donors (Lipinski definition) is 1. The van der Waals surface area contributed by atoms with Crippen LogP contribution in [0, 0.1) is 0 Å². The van der Waals surface area contributed by atoms with Crippen LogP contribution in [-0.4, -0.2) is 20.1 Å². The molecule has 0 fully saturated rings. The van der Waals surface area contributed by atoms with E-state index in [1.54, 1.807) is 32.4 Å². The molecule has 0 radical (unpaired) electrons. The summed E-state index contributed by atoms with van der Waals surface area (Å²) in [6.45, 7) is 3.93. The zero-order chi connectivity index (χ0) is 16.2. The second-order valence-corrected chi connectivity index (χ2v) is 5.54. The Morgan fingerprint density at radius 2 is 1.59 bits per heavy atom. The number of nitrogens with one attached hydrogen (secondary N) is 1. The fourth-order valence-electron chi connectivity index (χ4n) is 2.20. The van der Waals surface area contributed by atoms with Gasteiger partial charge in [0.05, 0.1) is 19.8 Å². The number of ether oxygens (including phenoxy) is 2. The lowest BCUT2D eigenvalue weighted by atomic mass is 9.93. The second-order valence-electron chi connectivity index (χ2n) is 5.54. The monoisotopic (exact) mass is 299 g/mol. The van der Waals surface area contributed by atoms with E-state index < -0.39 is 5.54 Å². The number of benzene rings is 2. The summed E-state index contributed by atoms with van der Waals surface area (Å²) in [7, 11) is 3.21. The van der Waals surface area contributed by atoms with Gasteiger partial charge >= 0.3 is 0 Å². The van der Waals surface area contributed by atoms with E-state index in [1.807, 2.05) is 44.2 Å². The van der Waals surface area contributed by atoms with Gasteiger partial charge in [-0.2, -0.15) is 0 Å². The van der Waals surface area contributed by atoms with Crippen LogP contribution in [0.25, 0.3) is 0 Å². The summed E-state index contributed by atoms with van der Waals surface area (Å²) in [5.41, 5.74) is 1.08. The summed E-state index contributed by atoms with van der Waals surface area (Å²) in [6, 6.07) is 14.8. The highest BCUT2D eigenvalue weighted by Crippen LogP contribution is 2.23. The minimum Gasteiger partial charge on any atom is -0.497 e. The molecule has 0 saturated carbocycles. The largest absolute Gasteiger partial charge is 0.497 e. The predicted molar refractivity (Wildman–Crippen MR) is 86.5 cm³/mol. The van der Waals surface area contributed by atoms with Crippen molar-refractivity contribution in [3.05, 3.63) is 59.7 Å². The van der Waals surface area contributed by atoms with Crippen molar-refractivity contribution < 1.29 is 14.3 Å². The van der Waals surface area contributed by atoms with Gasteiger partial charge in [-0.1, -0.05) is 18.2 Å². The van der Waals surface area contributed by atoms with Crippen molar-refractivity contribution in [1.82, 2.24) is 5.32 Å². The average Bonchev–Trinajstić information content (AvgIpc) is 2.54. The zero-order valence-corrected chi connectivity index (χ0v) is 13.3. The van der Waals surface area contributed by atoms with Crippen molar-refractivity contribution in [1.29, 1.82) is 0 Å². The fourth-order valence-corrected chi connectivity index (χ4v) is 2.20. The Kier molecular flexibility index (Phi) is 4.71. The Bertz CT molecular complexity index is 648. The molecule has 0 saturated heterocycles. The highest BCUT2D eigenvalue weighted by molar-refractivity contribution is 5.95. The molecular weight excluding hydrogens is 278 g/mol. The molecule has 0 spiro atoms. The van der Waals surface area contributed by atoms with Crippen LogP contribution in [0.15, 0.2) is 48.5 Å². The molecule has 22 heavy (non-hydrogen) atoms. The van der Waals surface area contributed by atoms with Crippen LogP contribution in [0.5, 0.6) is 11.5 Å². The van der Waals surface area contributed by atoms with Crippen LogP contribution in [-0.2, 0) is 5.54 Å². The Labute approximate surface area is 131 Å². The molecule has 4 nitrogen and oxygen atoms in total. The van der Waals surface area contributed by atoms with E-state index in [9.17, 15) is 4.79 Å². The first-order valence-corrected chi connectivity index (χ1v) is 7.07. The Morgan fingerprint density at radius 3 is 2.18 bits per heavy atom. The average molecular weight is 299 g/mol. The first-order chi connectivity index (χ1) is 10.5. The minimum atomic E-state index is -0.494. The molecule has 2 aromatic rings. The molecule has 0 aliphatic rings. The molecule has 0 unspecified atom stereocenters. The van der Waals surface area contributed by atoms with Gasteiger partial charge in [0, 0.05) is 5.56 Å². The summed E-state index contributed by atoms with van der Waals surface area (Å²) in [6.07, 6.45) is 0. The van der Waals surface area contributed by atoms with Gasteiger partial charge in [-0.3, -0.25) is 4.79 Å². The Hall–Kier alpha value is -2.49. The maximum atomic E-state index is 12.4. The summed E-state index contributed by atoms with van der Waals surface area (Å²) >= 11 is 0. The zero-order valence-electron chi connectivity index (χ0n) is 13.3. The van der Waals surface area contributed by atoms with Crippen molar-refractivity contribution in [2.24, 2.45) is 0 Å². The lowest BCUT2D eigenvalue weighted by Gasteiger charge is -2.27. The van der Waals surface area contributed by atoms with Crippen LogP contribution < -0.4 is 14.8 Å². The van der Waals surface area contributed by atoms with Gasteiger partial charge in [0.1, 0.15) is 11.5 Å². The molecule has 4 heteroatoms. The number of rotatable bonds is 5. The van der Waals surface area contributed by atoms with Crippen LogP contribution in [0.4, 0.5) is 0 Å². The minimum absolute atomic E-state index is 0.139. The molecule has 116 valence electrons. The second kappa shape index (κ2) is 6.52. The maximum Gasteiger partial charge on any atom is 0.252 e. The third kappa shape index (κ3) is 3.58. The van der Waals surface area contributed by atoms with Gasteiger partial charge in [-0.25, -0.2) is 0 Å². The highest BCUT2D eigenvalue weighted by Gasteiger charge is 2.23. The molecular formula is C18H21NO3. The van der Waals surface area contributed by atoms with Crippen LogP contribution in [0.2, 0.25) is 0 Å². The van der Waals surface area contributed by atoms with Crippen molar-refractivity contribution in [3.8, 4) is 11.5 Å². The fraction of sp³-hybridized carbons (Fsp3) is 0.278. The van der Waals surface area contributed by atoms with E-state index in [0.29, 0.717) is 11.3 Å². The topological polar surface area (TPSA) is 47.6 Å². The lowest BCUT2D eigenvalue weighted by molar-refractivity contribution is 0.0911. The Balaban J connectivity index is 2.17. The molecule has 0 aliphatic heterocycles. The van der Waals surface area contributed by atoms with Crippen molar-refractivity contribution >= 4 is 5.91 Å². The summed E-state index contributed by atoms with van der Waals surface area (Å²) < 4.78 is 10.3. The van der Waals surface area contributed by atoms with E-state index in [1.165, 1.54) is 0 Å². The number of hydrogen-bond acceptors (Lipinski definition) is 3. The SMILES string of the molecule is COc1ccc(C(C)(C)NC(=O)c2cccc(OC)c2)cc1. The van der Waals surface area contributed by atoms with Gasteiger partial charge in [0.25, 0.3) is 5.91 Å². The van der Waals surface area contributed by atoms with Gasteiger partial charge < -0.3 is 14.8 Å². The molecule has 1 amide bonds. The normalized spacial score (nSPS) is 10.9. The lowest BCUT2D eigenvalue weighted by Crippen LogP contribution is -2.40. The summed E-state index contributed by atoms with van der Waals surface area (Å²) in [5.74, 6) is 1.31. The molecule has 0 bridgehead atoms. The van der Waals surface area contributed by atoms with Gasteiger partial charge in [0.15, 0.2) is 0 Å². The van der Waals surface area contributed by atoms with Crippen LogP contribution in [0.1, 0.15) is 29.8 Å². The highest BCUT2D eigenvalue weighted by atomic mass is 16.5. The van der Waals surface area contributed by atoms with Crippen LogP contribution in [0.3, 0.4) is 0 Å². The molecule has 0 heterocycles. The first-order valence-electron chi connectivity index (χ1n) is 7.07. The molecule has 0 aliphatic carbocycles. The third-order valence-corrected chi connectivity index (χ3v) is 3.57. The summed E-state index contributed by atoms with van der Waals surface area (Å²) in [4.78, 5) is 12.4. The van der Waals surface area contributed by atoms with E-state index in [2.05, 4.69) is 5.32 Å². The Morgan fingerprint density at radius 1 is 0.955 bits per heavy atom. The van der Waals surface area contributed by atoms with Gasteiger partial charge in [-0.15, -0.1) is 0 Å². The molecule has 2 aromatic carbocycles. The van der Waals surface area contributed by atoms with Crippen molar-refractivity contribution in [2.75, 3.05) is 14.2 Å². The first kappa shape index (κ1) is 15.9. The van der Waals surface area contributed by atoms with E-state index in [0.717, 1.165) is 11.3 Å². The molecule has 1 N–H and O–H groups in total. The van der Waals surface area contributed by atoms with E-state index in [-0.39, 0.29) is 5.91 Å². The smallest absolute Gasteiger partial charge is 0.252 e. The van der Waals surface area contributed by atoms with E-state index >= 15 is 0 Å². The molecule has 0 aromatic heterocycles. The van der Waals surface area contributed by atoms with Crippen molar-refractivity contribution in [3.63, 3.8) is 0 Å². The predicted octanol–water partition coefficient (Wildman–Crippen LogP) is 3.37. The maximum absolute atomic E-state index is 12.4. The van der Waals surface area contributed by atoms with Crippen molar-refractivity contribution in [2.45, 2.75) is 19.4 Å². The van der Waals surface area contributed by atoms with E-state index in [4.69, 9.17) is 9.47 Å². The number of amides is 1. The quantitative estimate of drug-likeness (QED) is 0.921. The standard InChI is InChI=1S/C18H21NO3/c1-18(2,14-8-10-15(21-3)11-9-14)19-17(20)13-6-5-7-16(12-13)22-4/h5-12H,1-4H3,(H,19,20). The molecule has 2 rings (SSSR count). The van der Waals surface area contributed by atoms with Gasteiger partial charge in [0.2, 0.25) is 0 Å². The summed E-state index contributed by atoms with van der Waals surface area (Å²) in [5, 5.41) is 3.04.